The minimum Gasteiger partial charge on any atom is -0.453 e. The summed E-state index contributed by atoms with van der Waals surface area (Å²) in [5, 5.41) is 2.62. The zero-order valence-electron chi connectivity index (χ0n) is 16.6. The first-order valence-corrected chi connectivity index (χ1v) is 10.9. The first-order valence-electron chi connectivity index (χ1n) is 9.44. The number of anilines is 1. The monoisotopic (exact) mass is 412 g/mol. The summed E-state index contributed by atoms with van der Waals surface area (Å²) < 4.78 is 37.5. The molecule has 1 saturated heterocycles. The van der Waals surface area contributed by atoms with Crippen molar-refractivity contribution < 1.29 is 27.5 Å². The van der Waals surface area contributed by atoms with Crippen molar-refractivity contribution in [3.05, 3.63) is 23.8 Å². The number of nitrogens with one attached hydrogen (secondary N) is 1. The standard InChI is InChI=1S/C19H28N2O6S/c1-4-5-6-18(22)27-15(3)19(23)20-16-8-7-14(2)17(13-16)28(24,25)21-9-11-26-12-10-21/h7-8,13,15H,4-6,9-12H2,1-3H3,(H,20,23)/t15-/m1/s1. The van der Waals surface area contributed by atoms with E-state index in [9.17, 15) is 18.0 Å². The molecule has 1 aliphatic rings. The third-order valence-electron chi connectivity index (χ3n) is 4.46. The molecule has 1 N–H and O–H groups in total. The van der Waals surface area contributed by atoms with Crippen LogP contribution in [0.15, 0.2) is 23.1 Å². The number of rotatable bonds is 8. The van der Waals surface area contributed by atoms with E-state index in [1.54, 1.807) is 19.1 Å². The molecule has 1 atom stereocenters. The van der Waals surface area contributed by atoms with Gasteiger partial charge in [0.05, 0.1) is 18.1 Å². The van der Waals surface area contributed by atoms with Crippen LogP contribution in [0, 0.1) is 6.92 Å². The second-order valence-electron chi connectivity index (χ2n) is 6.72. The molecular formula is C19H28N2O6S. The maximum atomic E-state index is 12.9. The Kier molecular flexibility index (Phi) is 7.97. The van der Waals surface area contributed by atoms with Crippen LogP contribution in [0.1, 0.15) is 38.7 Å². The van der Waals surface area contributed by atoms with E-state index in [1.165, 1.54) is 17.3 Å². The number of hydrogen-bond acceptors (Lipinski definition) is 6. The summed E-state index contributed by atoms with van der Waals surface area (Å²) in [6.45, 7) is 6.45. The number of carbonyl (C=O) groups excluding carboxylic acids is 2. The van der Waals surface area contributed by atoms with Gasteiger partial charge in [-0.25, -0.2) is 8.42 Å². The summed E-state index contributed by atoms with van der Waals surface area (Å²) in [7, 11) is -3.68. The Labute approximate surface area is 166 Å². The fourth-order valence-electron chi connectivity index (χ4n) is 2.76. The molecule has 1 fully saturated rings. The second-order valence-corrected chi connectivity index (χ2v) is 8.63. The van der Waals surface area contributed by atoms with Gasteiger partial charge in [0.1, 0.15) is 0 Å². The number of amides is 1. The molecule has 1 aromatic carbocycles. The van der Waals surface area contributed by atoms with Crippen molar-refractivity contribution in [1.82, 2.24) is 4.31 Å². The van der Waals surface area contributed by atoms with Crippen molar-refractivity contribution in [3.8, 4) is 0 Å². The fourth-order valence-corrected chi connectivity index (χ4v) is 4.42. The van der Waals surface area contributed by atoms with E-state index in [2.05, 4.69) is 5.32 Å². The van der Waals surface area contributed by atoms with E-state index in [4.69, 9.17) is 9.47 Å². The Morgan fingerprint density at radius 3 is 2.61 bits per heavy atom. The molecule has 9 heteroatoms. The predicted octanol–water partition coefficient (Wildman–Crippen LogP) is 2.08. The highest BCUT2D eigenvalue weighted by atomic mass is 32.2. The number of morpholine rings is 1. The van der Waals surface area contributed by atoms with Crippen molar-refractivity contribution in [2.45, 2.75) is 51.0 Å². The van der Waals surface area contributed by atoms with Crippen LogP contribution in [-0.4, -0.2) is 57.0 Å². The van der Waals surface area contributed by atoms with E-state index in [-0.39, 0.29) is 11.3 Å². The number of unbranched alkanes of at least 4 members (excludes halogenated alkanes) is 1. The lowest BCUT2D eigenvalue weighted by Crippen LogP contribution is -2.40. The lowest BCUT2D eigenvalue weighted by molar-refractivity contribution is -0.153. The van der Waals surface area contributed by atoms with Gasteiger partial charge >= 0.3 is 5.97 Å². The zero-order valence-corrected chi connectivity index (χ0v) is 17.4. The number of nitrogens with zero attached hydrogens (tertiary/aromatic N) is 1. The molecule has 0 aliphatic carbocycles. The number of esters is 1. The summed E-state index contributed by atoms with van der Waals surface area (Å²) in [6.07, 6.45) is 0.860. The molecule has 1 amide bonds. The molecule has 0 bridgehead atoms. The van der Waals surface area contributed by atoms with Crippen LogP contribution in [0.3, 0.4) is 0 Å². The Balaban J connectivity index is 2.10. The molecule has 156 valence electrons. The van der Waals surface area contributed by atoms with Gasteiger partial charge < -0.3 is 14.8 Å². The molecule has 0 aromatic heterocycles. The highest BCUT2D eigenvalue weighted by molar-refractivity contribution is 7.89. The first-order chi connectivity index (χ1) is 13.3. The topological polar surface area (TPSA) is 102 Å². The van der Waals surface area contributed by atoms with Crippen LogP contribution in [0.4, 0.5) is 5.69 Å². The maximum Gasteiger partial charge on any atom is 0.306 e. The second kappa shape index (κ2) is 9.99. The van der Waals surface area contributed by atoms with E-state index in [0.717, 1.165) is 6.42 Å². The molecule has 0 spiro atoms. The molecule has 1 heterocycles. The van der Waals surface area contributed by atoms with Gasteiger partial charge in [-0.3, -0.25) is 9.59 Å². The van der Waals surface area contributed by atoms with Crippen LogP contribution < -0.4 is 5.32 Å². The number of ether oxygens (including phenoxy) is 2. The molecule has 1 aliphatic heterocycles. The smallest absolute Gasteiger partial charge is 0.306 e. The number of sulfonamides is 1. The molecule has 0 saturated carbocycles. The Morgan fingerprint density at radius 1 is 1.29 bits per heavy atom. The van der Waals surface area contributed by atoms with Crippen molar-refractivity contribution in [2.75, 3.05) is 31.6 Å². The largest absolute Gasteiger partial charge is 0.453 e. The molecule has 8 nitrogen and oxygen atoms in total. The van der Waals surface area contributed by atoms with Gasteiger partial charge in [-0.1, -0.05) is 19.4 Å². The maximum absolute atomic E-state index is 12.9. The summed E-state index contributed by atoms with van der Waals surface area (Å²) in [4.78, 5) is 24.1. The minimum absolute atomic E-state index is 0.139. The Hall–Kier alpha value is -1.97. The Bertz CT molecular complexity index is 803. The van der Waals surface area contributed by atoms with Gasteiger partial charge in [-0.2, -0.15) is 4.31 Å². The summed E-state index contributed by atoms with van der Waals surface area (Å²) in [5.41, 5.74) is 0.919. The van der Waals surface area contributed by atoms with Crippen molar-refractivity contribution in [3.63, 3.8) is 0 Å². The number of hydrogen-bond donors (Lipinski definition) is 1. The highest BCUT2D eigenvalue weighted by Crippen LogP contribution is 2.24. The SMILES string of the molecule is CCCCC(=O)O[C@H](C)C(=O)Nc1ccc(C)c(S(=O)(=O)N2CCOCC2)c1. The van der Waals surface area contributed by atoms with E-state index < -0.39 is 28.0 Å². The minimum atomic E-state index is -3.68. The van der Waals surface area contributed by atoms with Gasteiger partial charge in [0.2, 0.25) is 10.0 Å². The van der Waals surface area contributed by atoms with Crippen molar-refractivity contribution in [2.24, 2.45) is 0 Å². The summed E-state index contributed by atoms with van der Waals surface area (Å²) >= 11 is 0. The van der Waals surface area contributed by atoms with Gasteiger partial charge in [-0.05, 0) is 38.0 Å². The predicted molar refractivity (Wildman–Crippen MR) is 104 cm³/mol. The first kappa shape index (κ1) is 22.3. The van der Waals surface area contributed by atoms with E-state index in [0.29, 0.717) is 44.0 Å². The highest BCUT2D eigenvalue weighted by Gasteiger charge is 2.28. The van der Waals surface area contributed by atoms with Crippen molar-refractivity contribution >= 4 is 27.6 Å². The molecule has 0 unspecified atom stereocenters. The summed E-state index contributed by atoms with van der Waals surface area (Å²) in [5.74, 6) is -0.938. The van der Waals surface area contributed by atoms with Gasteiger partial charge in [0.25, 0.3) is 5.91 Å². The fraction of sp³-hybridized carbons (Fsp3) is 0.579. The number of benzene rings is 1. The molecule has 1 aromatic rings. The molecule has 2 rings (SSSR count). The Morgan fingerprint density at radius 2 is 1.96 bits per heavy atom. The quantitative estimate of drug-likeness (QED) is 0.656. The molecule has 0 radical (unpaired) electrons. The number of aryl methyl sites for hydroxylation is 1. The van der Waals surface area contributed by atoms with Crippen LogP contribution in [-0.2, 0) is 29.1 Å². The number of carbonyl (C=O) groups is 2. The van der Waals surface area contributed by atoms with Crippen molar-refractivity contribution in [1.29, 1.82) is 0 Å². The summed E-state index contributed by atoms with van der Waals surface area (Å²) in [6, 6.07) is 4.70. The lowest BCUT2D eigenvalue weighted by Gasteiger charge is -2.27. The van der Waals surface area contributed by atoms with Crippen LogP contribution in [0.5, 0.6) is 0 Å². The van der Waals surface area contributed by atoms with Crippen LogP contribution in [0.25, 0.3) is 0 Å². The normalized spacial score (nSPS) is 16.4. The van der Waals surface area contributed by atoms with Crippen LogP contribution in [0.2, 0.25) is 0 Å². The van der Waals surface area contributed by atoms with Gasteiger partial charge in [0, 0.05) is 25.2 Å². The lowest BCUT2D eigenvalue weighted by atomic mass is 10.2. The van der Waals surface area contributed by atoms with Gasteiger partial charge in [0.15, 0.2) is 6.10 Å². The molecule has 28 heavy (non-hydrogen) atoms. The van der Waals surface area contributed by atoms with E-state index >= 15 is 0 Å². The van der Waals surface area contributed by atoms with Gasteiger partial charge in [-0.15, -0.1) is 0 Å². The third kappa shape index (κ3) is 5.76. The molecular weight excluding hydrogens is 384 g/mol. The average molecular weight is 413 g/mol. The van der Waals surface area contributed by atoms with E-state index in [1.807, 2.05) is 6.92 Å². The third-order valence-corrected chi connectivity index (χ3v) is 6.50. The average Bonchev–Trinajstić information content (AvgIpc) is 2.68. The van der Waals surface area contributed by atoms with Crippen LogP contribution >= 0.6 is 0 Å². The zero-order chi connectivity index (χ0) is 20.7.